The van der Waals surface area contributed by atoms with Crippen molar-refractivity contribution < 1.29 is 14.2 Å². The molecule has 2 aliphatic rings. The summed E-state index contributed by atoms with van der Waals surface area (Å²) >= 11 is 0. The largest absolute Gasteiger partial charge is 0.491 e. The van der Waals surface area contributed by atoms with Gasteiger partial charge in [0.1, 0.15) is 5.75 Å². The summed E-state index contributed by atoms with van der Waals surface area (Å²) in [5.74, 6) is 0.937. The molecule has 0 aromatic heterocycles. The average molecular weight is 305 g/mol. The van der Waals surface area contributed by atoms with Gasteiger partial charge in [0.25, 0.3) is 0 Å². The Hall–Kier alpha value is -1.10. The van der Waals surface area contributed by atoms with Gasteiger partial charge in [-0.05, 0) is 44.4 Å². The first-order chi connectivity index (χ1) is 10.7. The molecule has 2 aliphatic heterocycles. The minimum Gasteiger partial charge on any atom is -0.491 e. The van der Waals surface area contributed by atoms with Crippen molar-refractivity contribution in [1.29, 1.82) is 0 Å². The van der Waals surface area contributed by atoms with E-state index in [0.717, 1.165) is 51.4 Å². The van der Waals surface area contributed by atoms with E-state index in [0.29, 0.717) is 6.04 Å². The van der Waals surface area contributed by atoms with Crippen LogP contribution in [0.4, 0.5) is 0 Å². The van der Waals surface area contributed by atoms with Gasteiger partial charge in [0.15, 0.2) is 0 Å². The molecule has 1 N–H and O–H groups in total. The highest BCUT2D eigenvalue weighted by atomic mass is 16.6. The SMILES string of the molecule is CC(C)Oc1ccc(CN[C@@H]2CCO[C@@]3(CCOC3)C2)cc1. The molecule has 22 heavy (non-hydrogen) atoms. The molecule has 0 aliphatic carbocycles. The van der Waals surface area contributed by atoms with Gasteiger partial charge in [0.2, 0.25) is 0 Å². The molecule has 0 saturated carbocycles. The first kappa shape index (κ1) is 15.8. The van der Waals surface area contributed by atoms with Crippen LogP contribution in [0.15, 0.2) is 24.3 Å². The summed E-state index contributed by atoms with van der Waals surface area (Å²) in [5, 5.41) is 3.67. The lowest BCUT2D eigenvalue weighted by molar-refractivity contribution is -0.0894. The third-order valence-electron chi connectivity index (χ3n) is 4.45. The van der Waals surface area contributed by atoms with E-state index in [-0.39, 0.29) is 11.7 Å². The van der Waals surface area contributed by atoms with Crippen molar-refractivity contribution in [3.05, 3.63) is 29.8 Å². The molecule has 4 heteroatoms. The topological polar surface area (TPSA) is 39.7 Å². The summed E-state index contributed by atoms with van der Waals surface area (Å²) in [5.41, 5.74) is 1.27. The van der Waals surface area contributed by atoms with Crippen LogP contribution in [-0.4, -0.2) is 37.6 Å². The summed E-state index contributed by atoms with van der Waals surface area (Å²) in [4.78, 5) is 0. The second-order valence-corrected chi connectivity index (χ2v) is 6.72. The van der Waals surface area contributed by atoms with Gasteiger partial charge < -0.3 is 19.5 Å². The predicted molar refractivity (Wildman–Crippen MR) is 86.2 cm³/mol. The first-order valence-corrected chi connectivity index (χ1v) is 8.36. The number of benzene rings is 1. The van der Waals surface area contributed by atoms with Crippen LogP contribution < -0.4 is 10.1 Å². The van der Waals surface area contributed by atoms with Crippen LogP contribution in [0.5, 0.6) is 5.75 Å². The van der Waals surface area contributed by atoms with Crippen molar-refractivity contribution in [2.24, 2.45) is 0 Å². The molecule has 1 aromatic rings. The lowest BCUT2D eigenvalue weighted by atomic mass is 9.89. The molecule has 2 saturated heterocycles. The molecule has 0 bridgehead atoms. The standard InChI is InChI=1S/C18H27NO3/c1-14(2)22-17-5-3-15(4-6-17)12-19-16-7-9-21-18(11-16)8-10-20-13-18/h3-6,14,16,19H,7-13H2,1-2H3/t16-,18+/m1/s1. The van der Waals surface area contributed by atoms with Gasteiger partial charge in [-0.3, -0.25) is 0 Å². The number of ether oxygens (including phenoxy) is 3. The quantitative estimate of drug-likeness (QED) is 0.908. The number of hydrogen-bond donors (Lipinski definition) is 1. The van der Waals surface area contributed by atoms with Crippen molar-refractivity contribution in [3.8, 4) is 5.75 Å². The fourth-order valence-corrected chi connectivity index (χ4v) is 3.29. The van der Waals surface area contributed by atoms with E-state index >= 15 is 0 Å². The number of rotatable bonds is 5. The second-order valence-electron chi connectivity index (χ2n) is 6.72. The number of hydrogen-bond acceptors (Lipinski definition) is 4. The molecule has 4 nitrogen and oxygen atoms in total. The Morgan fingerprint density at radius 1 is 1.27 bits per heavy atom. The molecule has 0 unspecified atom stereocenters. The van der Waals surface area contributed by atoms with E-state index < -0.39 is 0 Å². The zero-order valence-electron chi connectivity index (χ0n) is 13.6. The summed E-state index contributed by atoms with van der Waals surface area (Å²) in [7, 11) is 0. The zero-order chi connectivity index (χ0) is 15.4. The Kier molecular flexibility index (Phi) is 5.01. The van der Waals surface area contributed by atoms with Crippen LogP contribution in [0.1, 0.15) is 38.7 Å². The maximum Gasteiger partial charge on any atom is 0.119 e. The van der Waals surface area contributed by atoms with Gasteiger partial charge in [-0.25, -0.2) is 0 Å². The molecule has 3 rings (SSSR count). The minimum absolute atomic E-state index is 0.0229. The van der Waals surface area contributed by atoms with Crippen LogP contribution in [0.25, 0.3) is 0 Å². The van der Waals surface area contributed by atoms with E-state index in [2.05, 4.69) is 17.4 Å². The molecule has 2 atom stereocenters. The molecule has 1 aromatic carbocycles. The molecular weight excluding hydrogens is 278 g/mol. The van der Waals surface area contributed by atoms with Crippen molar-refractivity contribution in [3.63, 3.8) is 0 Å². The van der Waals surface area contributed by atoms with Crippen molar-refractivity contribution in [2.75, 3.05) is 19.8 Å². The van der Waals surface area contributed by atoms with Crippen molar-refractivity contribution in [1.82, 2.24) is 5.32 Å². The van der Waals surface area contributed by atoms with Gasteiger partial charge in [0.05, 0.1) is 18.3 Å². The second kappa shape index (κ2) is 6.99. The third-order valence-corrected chi connectivity index (χ3v) is 4.45. The lowest BCUT2D eigenvalue weighted by Gasteiger charge is -2.37. The fraction of sp³-hybridized carbons (Fsp3) is 0.667. The maximum atomic E-state index is 5.98. The van der Waals surface area contributed by atoms with E-state index in [9.17, 15) is 0 Å². The summed E-state index contributed by atoms with van der Waals surface area (Å²) in [6, 6.07) is 8.89. The van der Waals surface area contributed by atoms with Crippen molar-refractivity contribution >= 4 is 0 Å². The normalized spacial score (nSPS) is 28.4. The summed E-state index contributed by atoms with van der Waals surface area (Å²) < 4.78 is 17.2. The molecule has 2 fully saturated rings. The van der Waals surface area contributed by atoms with Crippen LogP contribution in [-0.2, 0) is 16.0 Å². The monoisotopic (exact) mass is 305 g/mol. The molecule has 2 heterocycles. The van der Waals surface area contributed by atoms with E-state index in [4.69, 9.17) is 14.2 Å². The van der Waals surface area contributed by atoms with Crippen LogP contribution in [0.2, 0.25) is 0 Å². The highest BCUT2D eigenvalue weighted by Gasteiger charge is 2.40. The Labute approximate surface area is 133 Å². The molecule has 1 spiro atoms. The Balaban J connectivity index is 1.49. The van der Waals surface area contributed by atoms with E-state index in [1.54, 1.807) is 0 Å². The highest BCUT2D eigenvalue weighted by molar-refractivity contribution is 5.27. The van der Waals surface area contributed by atoms with E-state index in [1.165, 1.54) is 5.56 Å². The summed E-state index contributed by atoms with van der Waals surface area (Å²) in [6.07, 6.45) is 3.39. The van der Waals surface area contributed by atoms with Crippen LogP contribution in [0.3, 0.4) is 0 Å². The lowest BCUT2D eigenvalue weighted by Crippen LogP contribution is -2.47. The van der Waals surface area contributed by atoms with Gasteiger partial charge in [0, 0.05) is 32.2 Å². The molecule has 0 radical (unpaired) electrons. The van der Waals surface area contributed by atoms with Crippen LogP contribution >= 0.6 is 0 Å². The third kappa shape index (κ3) is 4.00. The Morgan fingerprint density at radius 3 is 2.77 bits per heavy atom. The molecule has 0 amide bonds. The van der Waals surface area contributed by atoms with Gasteiger partial charge in [-0.2, -0.15) is 0 Å². The van der Waals surface area contributed by atoms with E-state index in [1.807, 2.05) is 26.0 Å². The first-order valence-electron chi connectivity index (χ1n) is 8.36. The smallest absolute Gasteiger partial charge is 0.119 e. The zero-order valence-corrected chi connectivity index (χ0v) is 13.6. The van der Waals surface area contributed by atoms with Crippen molar-refractivity contribution in [2.45, 2.75) is 57.4 Å². The maximum absolute atomic E-state index is 5.98. The molecular formula is C18H27NO3. The Morgan fingerprint density at radius 2 is 2.09 bits per heavy atom. The average Bonchev–Trinajstić information content (AvgIpc) is 2.94. The summed E-state index contributed by atoms with van der Waals surface area (Å²) in [6.45, 7) is 7.41. The Bertz CT molecular complexity index is 466. The van der Waals surface area contributed by atoms with Crippen LogP contribution in [0, 0.1) is 0 Å². The van der Waals surface area contributed by atoms with Gasteiger partial charge >= 0.3 is 0 Å². The fourth-order valence-electron chi connectivity index (χ4n) is 3.29. The van der Waals surface area contributed by atoms with Gasteiger partial charge in [-0.1, -0.05) is 12.1 Å². The number of nitrogens with one attached hydrogen (secondary N) is 1. The predicted octanol–water partition coefficient (Wildman–Crippen LogP) is 2.90. The minimum atomic E-state index is -0.0229. The molecule has 122 valence electrons. The van der Waals surface area contributed by atoms with Gasteiger partial charge in [-0.15, -0.1) is 0 Å². The highest BCUT2D eigenvalue weighted by Crippen LogP contribution is 2.32.